The second-order valence-corrected chi connectivity index (χ2v) is 6.01. The van der Waals surface area contributed by atoms with Crippen molar-refractivity contribution in [1.82, 2.24) is 9.97 Å². The molecule has 92 valence electrons. The second-order valence-electron chi connectivity index (χ2n) is 3.32. The Balaban J connectivity index is 0.000000304. The van der Waals surface area contributed by atoms with Crippen LogP contribution in [0, 0.1) is 0 Å². The molecule has 0 aliphatic rings. The molecular weight excluding hydrogens is 429 g/mol. The van der Waals surface area contributed by atoms with Gasteiger partial charge in [0.25, 0.3) is 0 Å². The zero-order chi connectivity index (χ0) is 12.9. The topological polar surface area (TPSA) is 63.1 Å². The van der Waals surface area contributed by atoms with Crippen molar-refractivity contribution >= 4 is 44.4 Å². The number of hydrogen-bond acceptors (Lipinski definition) is 4. The van der Waals surface area contributed by atoms with Crippen LogP contribution in [-0.2, 0) is 0 Å². The molecule has 1 N–H and O–H groups in total. The van der Waals surface area contributed by atoms with E-state index in [1.165, 1.54) is 74.0 Å². The average molecular weight is 446 g/mol. The van der Waals surface area contributed by atoms with Crippen LogP contribution in [0.25, 0.3) is 0 Å². The summed E-state index contributed by atoms with van der Waals surface area (Å²) >= 11 is 5.35. The van der Waals surface area contributed by atoms with Gasteiger partial charge in [-0.3, -0.25) is 4.98 Å². The second kappa shape index (κ2) is 12.3. The molecule has 0 spiro atoms. The van der Waals surface area contributed by atoms with E-state index < -0.39 is 5.97 Å². The molecule has 0 aromatic carbocycles. The fraction of sp³-hybridized carbons (Fsp3) is 0.545. The molecule has 0 unspecified atom stereocenters. The van der Waals surface area contributed by atoms with E-state index >= 15 is 0 Å². The van der Waals surface area contributed by atoms with Gasteiger partial charge in [-0.25, -0.2) is 9.78 Å². The van der Waals surface area contributed by atoms with Gasteiger partial charge in [0.15, 0.2) is 5.69 Å². The molecule has 1 heterocycles. The quantitative estimate of drug-likeness (QED) is 0.400. The number of aromatic nitrogens is 2. The number of hydrogen-bond donors (Lipinski definition) is 2. The average Bonchev–Trinajstić information content (AvgIpc) is 2.37. The summed E-state index contributed by atoms with van der Waals surface area (Å²) < 4.78 is 1.51. The van der Waals surface area contributed by atoms with Crippen molar-refractivity contribution in [1.29, 1.82) is 0 Å². The fourth-order valence-corrected chi connectivity index (χ4v) is 2.37. The van der Waals surface area contributed by atoms with E-state index in [0.29, 0.717) is 0 Å². The minimum atomic E-state index is -1.05. The van der Waals surface area contributed by atoms with Gasteiger partial charge in [-0.05, 0) is 0 Å². The van der Waals surface area contributed by atoms with E-state index in [9.17, 15) is 4.79 Å². The van der Waals surface area contributed by atoms with Crippen LogP contribution in [-0.4, -0.2) is 52.6 Å². The Hall–Kier alpha value is -0.178. The van der Waals surface area contributed by atoms with Crippen LogP contribution in [0.4, 0.5) is 0 Å². The summed E-state index contributed by atoms with van der Waals surface area (Å²) in [6.07, 6.45) is 9.58. The first-order valence-corrected chi connectivity index (χ1v) is 9.33. The van der Waals surface area contributed by atoms with Crippen LogP contribution in [0.5, 0.6) is 0 Å². The molecule has 0 aliphatic heterocycles. The summed E-state index contributed by atoms with van der Waals surface area (Å²) in [5.74, 6) is 0.0202. The molecule has 0 saturated carbocycles. The van der Waals surface area contributed by atoms with Crippen molar-refractivity contribution in [3.05, 3.63) is 24.3 Å². The maximum atomic E-state index is 10.1. The molecule has 4 nitrogen and oxygen atoms in total. The van der Waals surface area contributed by atoms with Crippen LogP contribution in [0.3, 0.4) is 0 Å². The van der Waals surface area contributed by atoms with E-state index in [1.54, 1.807) is 0 Å². The molecule has 1 rings (SSSR count). The fourth-order valence-electron chi connectivity index (χ4n) is 1.02. The van der Waals surface area contributed by atoms with Crippen molar-refractivity contribution in [2.45, 2.75) is 29.7 Å². The molecule has 1 aromatic rings. The van der Waals surface area contributed by atoms with Crippen molar-refractivity contribution in [3.63, 3.8) is 0 Å². The first kappa shape index (κ1) is 16.8. The van der Waals surface area contributed by atoms with Crippen LogP contribution in [0.1, 0.15) is 36.2 Å². The van der Waals surface area contributed by atoms with Gasteiger partial charge < -0.3 is 5.11 Å². The number of carbonyl (C=O) groups is 1. The third kappa shape index (κ3) is 10.7. The number of thiol groups is 1. The zero-order valence-corrected chi connectivity index (χ0v) is 15.1. The Labute approximate surface area is 123 Å². The van der Waals surface area contributed by atoms with E-state index in [0.717, 1.165) is 5.75 Å². The molecule has 6 heteroatoms. The third-order valence-electron chi connectivity index (χ3n) is 1.89. The Kier molecular flexibility index (Phi) is 12.2. The van der Waals surface area contributed by atoms with Gasteiger partial charge in [0.1, 0.15) is 0 Å². The van der Waals surface area contributed by atoms with Crippen molar-refractivity contribution in [3.8, 4) is 0 Å². The summed E-state index contributed by atoms with van der Waals surface area (Å²) in [6.45, 7) is 0. The molecule has 0 radical (unpaired) electrons. The predicted molar refractivity (Wildman–Crippen MR) is 71.9 cm³/mol. The molecule has 1 aromatic heterocycles. The van der Waals surface area contributed by atoms with Crippen LogP contribution in [0.2, 0.25) is 3.98 Å². The molecule has 0 aliphatic carbocycles. The van der Waals surface area contributed by atoms with E-state index in [-0.39, 0.29) is 5.69 Å². The van der Waals surface area contributed by atoms with E-state index in [1.807, 2.05) is 0 Å². The summed E-state index contributed by atoms with van der Waals surface area (Å²) in [6, 6.07) is 0. The van der Waals surface area contributed by atoms with Gasteiger partial charge in [-0.1, -0.05) is 0 Å². The van der Waals surface area contributed by atoms with Gasteiger partial charge in [-0.15, -0.1) is 0 Å². The number of nitrogens with zero attached hydrogens (tertiary/aromatic N) is 2. The normalized spacial score (nSPS) is 9.18. The number of rotatable bonds is 6. The Morgan fingerprint density at radius 2 is 2.00 bits per heavy atom. The first-order valence-electron chi connectivity index (χ1n) is 5.52. The van der Waals surface area contributed by atoms with E-state index in [4.69, 9.17) is 5.11 Å². The Morgan fingerprint density at radius 1 is 1.29 bits per heavy atom. The van der Waals surface area contributed by atoms with Gasteiger partial charge in [0, 0.05) is 12.4 Å². The molecule has 0 fully saturated rings. The summed E-state index contributed by atoms with van der Waals surface area (Å²) in [7, 11) is 0. The van der Waals surface area contributed by atoms with Crippen LogP contribution < -0.4 is 0 Å². The van der Waals surface area contributed by atoms with Gasteiger partial charge in [0.2, 0.25) is 0 Å². The van der Waals surface area contributed by atoms with Crippen molar-refractivity contribution in [2.75, 3.05) is 5.75 Å². The molecule has 0 atom stereocenters. The van der Waals surface area contributed by atoms with Crippen LogP contribution >= 0.6 is 12.6 Å². The predicted octanol–water partition coefficient (Wildman–Crippen LogP) is 2.24. The number of carboxylic acid groups (broad SMARTS) is 1. The Bertz CT molecular complexity index is 293. The maximum absolute atomic E-state index is 10.1. The summed E-state index contributed by atoms with van der Waals surface area (Å²) in [5.41, 5.74) is -0.0301. The monoisotopic (exact) mass is 446 g/mol. The number of unbranched alkanes of at least 4 members (excludes halogenated alkanes) is 3. The van der Waals surface area contributed by atoms with E-state index in [2.05, 4.69) is 22.6 Å². The molecule has 0 saturated heterocycles. The molecule has 17 heavy (non-hydrogen) atoms. The summed E-state index contributed by atoms with van der Waals surface area (Å²) in [4.78, 5) is 17.2. The third-order valence-corrected chi connectivity index (χ3v) is 3.80. The molecule has 0 amide bonds. The minimum absolute atomic E-state index is 0.0301. The van der Waals surface area contributed by atoms with Gasteiger partial charge in [-0.2, -0.15) is 0 Å². The van der Waals surface area contributed by atoms with Gasteiger partial charge in [0.05, 0.1) is 6.20 Å². The van der Waals surface area contributed by atoms with Crippen molar-refractivity contribution in [2.24, 2.45) is 0 Å². The molecular formula is C11H17N2O2STl. The van der Waals surface area contributed by atoms with Crippen molar-refractivity contribution < 1.29 is 9.90 Å². The zero-order valence-electron chi connectivity index (χ0n) is 9.75. The first-order chi connectivity index (χ1) is 8.22. The number of carboxylic acids is 1. The SMILES string of the molecule is O=C(O)c1cnccn1.SCCCCC[CH2][Tl]. The van der Waals surface area contributed by atoms with Crippen LogP contribution in [0.15, 0.2) is 18.6 Å². The molecule has 0 bridgehead atoms. The summed E-state index contributed by atoms with van der Waals surface area (Å²) in [5, 5.41) is 8.28. The standard InChI is InChI=1S/C6H13S.C5H4N2O2.Tl/c1-2-3-4-5-6-7;8-5(9)4-3-6-1-2-7-4;/h7H,1-6H2;1-3H,(H,8,9);. The number of aromatic carboxylic acids is 1. The van der Waals surface area contributed by atoms with Gasteiger partial charge >= 0.3 is 79.8 Å². The Morgan fingerprint density at radius 3 is 2.41 bits per heavy atom.